The number of nitrogens with zero attached hydrogens (tertiary/aromatic N) is 1. The van der Waals surface area contributed by atoms with Gasteiger partial charge in [-0.1, -0.05) is 12.2 Å². The van der Waals surface area contributed by atoms with E-state index in [9.17, 15) is 0 Å². The minimum atomic E-state index is 0.783. The third-order valence-corrected chi connectivity index (χ3v) is 2.31. The summed E-state index contributed by atoms with van der Waals surface area (Å²) in [5.41, 5.74) is 2.24. The summed E-state index contributed by atoms with van der Waals surface area (Å²) < 4.78 is 0. The molecule has 0 heterocycles. The standard InChI is InChI=1S/C10H14N2S/c1-11-10(13)8-4-6-9(7-5-8)12(2)3/h4-7H,1-3H3,(H,11,13). The smallest absolute Gasteiger partial charge is 0.106 e. The summed E-state index contributed by atoms with van der Waals surface area (Å²) in [7, 11) is 5.87. The molecule has 70 valence electrons. The Morgan fingerprint density at radius 2 is 1.77 bits per heavy atom. The summed E-state index contributed by atoms with van der Waals surface area (Å²) in [6.07, 6.45) is 0. The third kappa shape index (κ3) is 2.42. The van der Waals surface area contributed by atoms with Crippen LogP contribution in [0.15, 0.2) is 24.3 Å². The Labute approximate surface area is 84.6 Å². The molecule has 1 rings (SSSR count). The number of rotatable bonds is 2. The summed E-state index contributed by atoms with van der Waals surface area (Å²) in [4.78, 5) is 2.84. The van der Waals surface area contributed by atoms with Gasteiger partial charge in [-0.3, -0.25) is 0 Å². The van der Waals surface area contributed by atoms with Crippen LogP contribution in [0.4, 0.5) is 5.69 Å². The van der Waals surface area contributed by atoms with Crippen LogP contribution >= 0.6 is 12.2 Å². The predicted octanol–water partition coefficient (Wildman–Crippen LogP) is 1.65. The Balaban J connectivity index is 2.87. The molecule has 0 atom stereocenters. The van der Waals surface area contributed by atoms with Crippen molar-refractivity contribution in [3.05, 3.63) is 29.8 Å². The highest BCUT2D eigenvalue weighted by atomic mass is 32.1. The van der Waals surface area contributed by atoms with Gasteiger partial charge in [0.15, 0.2) is 0 Å². The number of benzene rings is 1. The molecule has 0 aliphatic heterocycles. The van der Waals surface area contributed by atoms with Crippen LogP contribution in [0, 0.1) is 0 Å². The van der Waals surface area contributed by atoms with Gasteiger partial charge in [-0.2, -0.15) is 0 Å². The molecule has 2 nitrogen and oxygen atoms in total. The van der Waals surface area contributed by atoms with Crippen molar-refractivity contribution in [1.82, 2.24) is 5.32 Å². The molecule has 0 aromatic heterocycles. The zero-order valence-electron chi connectivity index (χ0n) is 8.16. The Morgan fingerprint density at radius 1 is 1.23 bits per heavy atom. The van der Waals surface area contributed by atoms with E-state index in [2.05, 4.69) is 22.3 Å². The molecule has 1 aromatic carbocycles. The molecule has 0 spiro atoms. The maximum Gasteiger partial charge on any atom is 0.106 e. The highest BCUT2D eigenvalue weighted by molar-refractivity contribution is 7.80. The van der Waals surface area contributed by atoms with Crippen LogP contribution in [0.5, 0.6) is 0 Å². The summed E-state index contributed by atoms with van der Waals surface area (Å²) in [6.45, 7) is 0. The summed E-state index contributed by atoms with van der Waals surface area (Å²) in [6, 6.07) is 8.15. The van der Waals surface area contributed by atoms with Gasteiger partial charge in [-0.25, -0.2) is 0 Å². The second-order valence-corrected chi connectivity index (χ2v) is 3.43. The predicted molar refractivity (Wildman–Crippen MR) is 61.5 cm³/mol. The molecule has 0 saturated heterocycles. The lowest BCUT2D eigenvalue weighted by molar-refractivity contribution is 1.13. The van der Waals surface area contributed by atoms with E-state index in [4.69, 9.17) is 12.2 Å². The molecular formula is C10H14N2S. The van der Waals surface area contributed by atoms with E-state index in [1.54, 1.807) is 0 Å². The van der Waals surface area contributed by atoms with Gasteiger partial charge in [0, 0.05) is 32.4 Å². The van der Waals surface area contributed by atoms with E-state index in [0.29, 0.717) is 0 Å². The van der Waals surface area contributed by atoms with Crippen molar-refractivity contribution >= 4 is 22.9 Å². The molecule has 0 bridgehead atoms. The van der Waals surface area contributed by atoms with Crippen molar-refractivity contribution in [3.8, 4) is 0 Å². The first-order chi connectivity index (χ1) is 6.15. The van der Waals surface area contributed by atoms with Crippen molar-refractivity contribution in [1.29, 1.82) is 0 Å². The normalized spacial score (nSPS) is 9.46. The maximum absolute atomic E-state index is 5.11. The van der Waals surface area contributed by atoms with Crippen molar-refractivity contribution < 1.29 is 0 Å². The van der Waals surface area contributed by atoms with Crippen molar-refractivity contribution in [2.45, 2.75) is 0 Å². The molecule has 0 unspecified atom stereocenters. The highest BCUT2D eigenvalue weighted by Gasteiger charge is 1.98. The maximum atomic E-state index is 5.11. The molecule has 1 aromatic rings. The fourth-order valence-corrected chi connectivity index (χ4v) is 1.19. The van der Waals surface area contributed by atoms with Crippen molar-refractivity contribution in [2.75, 3.05) is 26.0 Å². The van der Waals surface area contributed by atoms with Gasteiger partial charge in [0.2, 0.25) is 0 Å². The third-order valence-electron chi connectivity index (χ3n) is 1.87. The molecular weight excluding hydrogens is 180 g/mol. The van der Waals surface area contributed by atoms with E-state index in [0.717, 1.165) is 10.6 Å². The van der Waals surface area contributed by atoms with Gasteiger partial charge in [0.1, 0.15) is 4.99 Å². The molecule has 0 aliphatic rings. The fourth-order valence-electron chi connectivity index (χ4n) is 1.06. The van der Waals surface area contributed by atoms with Gasteiger partial charge >= 0.3 is 0 Å². The molecule has 1 N–H and O–H groups in total. The number of hydrogen-bond acceptors (Lipinski definition) is 2. The minimum Gasteiger partial charge on any atom is -0.379 e. The quantitative estimate of drug-likeness (QED) is 0.721. The number of nitrogens with one attached hydrogen (secondary N) is 1. The van der Waals surface area contributed by atoms with Crippen LogP contribution < -0.4 is 10.2 Å². The van der Waals surface area contributed by atoms with E-state index in [1.807, 2.05) is 33.3 Å². The van der Waals surface area contributed by atoms with Crippen LogP contribution in [0.25, 0.3) is 0 Å². The van der Waals surface area contributed by atoms with Crippen LogP contribution in [0.2, 0.25) is 0 Å². The van der Waals surface area contributed by atoms with Gasteiger partial charge in [0.25, 0.3) is 0 Å². The van der Waals surface area contributed by atoms with E-state index >= 15 is 0 Å². The van der Waals surface area contributed by atoms with E-state index in [-0.39, 0.29) is 0 Å². The first-order valence-corrected chi connectivity index (χ1v) is 4.55. The average Bonchev–Trinajstić information content (AvgIpc) is 2.17. The molecule has 0 aliphatic carbocycles. The second-order valence-electron chi connectivity index (χ2n) is 3.02. The monoisotopic (exact) mass is 194 g/mol. The highest BCUT2D eigenvalue weighted by Crippen LogP contribution is 2.12. The van der Waals surface area contributed by atoms with Crippen molar-refractivity contribution in [2.24, 2.45) is 0 Å². The van der Waals surface area contributed by atoms with Gasteiger partial charge in [0.05, 0.1) is 0 Å². The lowest BCUT2D eigenvalue weighted by atomic mass is 10.2. The largest absolute Gasteiger partial charge is 0.379 e. The lowest BCUT2D eigenvalue weighted by Crippen LogP contribution is -2.16. The molecule has 0 amide bonds. The van der Waals surface area contributed by atoms with Gasteiger partial charge in [-0.15, -0.1) is 0 Å². The molecule has 13 heavy (non-hydrogen) atoms. The fraction of sp³-hybridized carbons (Fsp3) is 0.300. The Bertz CT molecular complexity index is 290. The van der Waals surface area contributed by atoms with Crippen LogP contribution in [-0.2, 0) is 0 Å². The lowest BCUT2D eigenvalue weighted by Gasteiger charge is -2.12. The van der Waals surface area contributed by atoms with E-state index in [1.165, 1.54) is 5.69 Å². The Hall–Kier alpha value is -1.09. The van der Waals surface area contributed by atoms with Crippen LogP contribution in [0.3, 0.4) is 0 Å². The Kier molecular flexibility index (Phi) is 3.25. The number of thiocarbonyl (C=S) groups is 1. The number of hydrogen-bond donors (Lipinski definition) is 1. The zero-order valence-corrected chi connectivity index (χ0v) is 8.98. The van der Waals surface area contributed by atoms with Gasteiger partial charge < -0.3 is 10.2 Å². The average molecular weight is 194 g/mol. The SMILES string of the molecule is CNC(=S)c1ccc(N(C)C)cc1. The first kappa shape index (κ1) is 9.99. The molecule has 0 fully saturated rings. The Morgan fingerprint density at radius 3 is 2.15 bits per heavy atom. The van der Waals surface area contributed by atoms with E-state index < -0.39 is 0 Å². The molecule has 3 heteroatoms. The minimum absolute atomic E-state index is 0.783. The van der Waals surface area contributed by atoms with Gasteiger partial charge in [-0.05, 0) is 24.3 Å². The molecule has 0 radical (unpaired) electrons. The van der Waals surface area contributed by atoms with Crippen LogP contribution in [-0.4, -0.2) is 26.1 Å². The summed E-state index contributed by atoms with van der Waals surface area (Å²) in [5, 5.41) is 2.95. The van der Waals surface area contributed by atoms with Crippen LogP contribution in [0.1, 0.15) is 5.56 Å². The topological polar surface area (TPSA) is 15.3 Å². The summed E-state index contributed by atoms with van der Waals surface area (Å²) >= 11 is 5.11. The molecule has 0 saturated carbocycles. The first-order valence-electron chi connectivity index (χ1n) is 4.14. The second kappa shape index (κ2) is 4.23. The summed E-state index contributed by atoms with van der Waals surface area (Å²) in [5.74, 6) is 0. The van der Waals surface area contributed by atoms with Crippen molar-refractivity contribution in [3.63, 3.8) is 0 Å². The zero-order chi connectivity index (χ0) is 9.84. The number of anilines is 1.